The number of rotatable bonds is 3. The Hall–Kier alpha value is -2.22. The Labute approximate surface area is 143 Å². The second kappa shape index (κ2) is 6.72. The number of nitrogens with one attached hydrogen (secondary N) is 1. The van der Waals surface area contributed by atoms with Crippen molar-refractivity contribution in [2.24, 2.45) is 0 Å². The van der Waals surface area contributed by atoms with Gasteiger partial charge in [-0.05, 0) is 18.2 Å². The van der Waals surface area contributed by atoms with Crippen molar-refractivity contribution < 1.29 is 14.0 Å². The number of amides is 3. The van der Waals surface area contributed by atoms with Crippen molar-refractivity contribution in [2.75, 3.05) is 27.2 Å². The van der Waals surface area contributed by atoms with Crippen LogP contribution in [-0.4, -0.2) is 66.1 Å². The Morgan fingerprint density at radius 2 is 2.25 bits per heavy atom. The monoisotopic (exact) mass is 350 g/mol. The van der Waals surface area contributed by atoms with Crippen LogP contribution >= 0.6 is 11.3 Å². The van der Waals surface area contributed by atoms with Gasteiger partial charge in [0.15, 0.2) is 0 Å². The molecule has 1 aliphatic rings. The van der Waals surface area contributed by atoms with Gasteiger partial charge in [0.2, 0.25) is 0 Å². The summed E-state index contributed by atoms with van der Waals surface area (Å²) in [6, 6.07) is 4.71. The molecule has 2 atom stereocenters. The van der Waals surface area contributed by atoms with Crippen molar-refractivity contribution in [2.45, 2.75) is 18.6 Å². The molecule has 6 nitrogen and oxygen atoms in total. The third-order valence-corrected chi connectivity index (χ3v) is 4.89. The Kier molecular flexibility index (Phi) is 4.66. The predicted octanol–water partition coefficient (Wildman–Crippen LogP) is 2.12. The quantitative estimate of drug-likeness (QED) is 0.922. The summed E-state index contributed by atoms with van der Waals surface area (Å²) >= 11 is 1.46. The molecule has 3 amide bonds. The number of hydrogen-bond donors (Lipinski definition) is 1. The molecular weight excluding hydrogens is 331 g/mol. The molecule has 1 fully saturated rings. The number of likely N-dealkylation sites (tertiary alicyclic amines) is 1. The van der Waals surface area contributed by atoms with Crippen molar-refractivity contribution in [3.8, 4) is 0 Å². The van der Waals surface area contributed by atoms with Gasteiger partial charge in [0, 0.05) is 32.6 Å². The Morgan fingerprint density at radius 3 is 3.00 bits per heavy atom. The summed E-state index contributed by atoms with van der Waals surface area (Å²) in [6.07, 6.45) is -0.829. The number of thiazole rings is 1. The molecule has 2 aromatic rings. The molecule has 1 aromatic carbocycles. The lowest BCUT2D eigenvalue weighted by Crippen LogP contribution is -2.45. The molecule has 24 heavy (non-hydrogen) atoms. The molecule has 128 valence electrons. The van der Waals surface area contributed by atoms with Gasteiger partial charge in [0.25, 0.3) is 5.91 Å². The number of benzene rings is 1. The summed E-state index contributed by atoms with van der Waals surface area (Å²) < 4.78 is 14.8. The van der Waals surface area contributed by atoms with E-state index in [1.807, 2.05) is 0 Å². The molecule has 3 rings (SSSR count). The van der Waals surface area contributed by atoms with Crippen LogP contribution < -0.4 is 5.32 Å². The maximum absolute atomic E-state index is 13.9. The van der Waals surface area contributed by atoms with E-state index in [2.05, 4.69) is 10.3 Å². The number of nitrogens with zero attached hydrogens (tertiary/aromatic N) is 3. The molecule has 1 saturated heterocycles. The first-order chi connectivity index (χ1) is 11.5. The zero-order valence-corrected chi connectivity index (χ0v) is 14.3. The number of alkyl halides is 1. The molecule has 1 N–H and O–H groups in total. The molecule has 0 saturated carbocycles. The lowest BCUT2D eigenvalue weighted by atomic mass is 10.1. The average molecular weight is 350 g/mol. The second-order valence-corrected chi connectivity index (χ2v) is 6.95. The molecular formula is C16H19FN4O2S. The molecule has 2 unspecified atom stereocenters. The first kappa shape index (κ1) is 16.6. The van der Waals surface area contributed by atoms with E-state index >= 15 is 0 Å². The summed E-state index contributed by atoms with van der Waals surface area (Å²) in [5.41, 5.74) is 3.09. The fraction of sp³-hybridized carbons (Fsp3) is 0.438. The van der Waals surface area contributed by atoms with Gasteiger partial charge in [0.05, 0.1) is 28.3 Å². The third-order valence-electron chi connectivity index (χ3n) is 4.10. The predicted molar refractivity (Wildman–Crippen MR) is 91.0 cm³/mol. The minimum absolute atomic E-state index is 0.0576. The van der Waals surface area contributed by atoms with Crippen LogP contribution in [0.3, 0.4) is 0 Å². The maximum atomic E-state index is 13.9. The van der Waals surface area contributed by atoms with Crippen LogP contribution in [0.25, 0.3) is 10.2 Å². The fourth-order valence-electron chi connectivity index (χ4n) is 2.82. The van der Waals surface area contributed by atoms with Crippen LogP contribution in [0.15, 0.2) is 23.7 Å². The van der Waals surface area contributed by atoms with Crippen molar-refractivity contribution in [1.82, 2.24) is 20.1 Å². The van der Waals surface area contributed by atoms with Gasteiger partial charge >= 0.3 is 6.03 Å². The van der Waals surface area contributed by atoms with Crippen LogP contribution in [0.1, 0.15) is 16.8 Å². The van der Waals surface area contributed by atoms with E-state index in [-0.39, 0.29) is 37.5 Å². The average Bonchev–Trinajstić information content (AvgIpc) is 3.17. The molecule has 0 radical (unpaired) electrons. The minimum atomic E-state index is -1.07. The van der Waals surface area contributed by atoms with Gasteiger partial charge < -0.3 is 15.1 Å². The largest absolute Gasteiger partial charge is 0.336 e. The minimum Gasteiger partial charge on any atom is -0.336 e. The Bertz CT molecular complexity index is 763. The standard InChI is InChI=1S/C16H19FN4O2S/c1-20(2)16(23)18-7-12-6-11(17)8-21(12)15(22)10-3-4-13-14(5-10)24-9-19-13/h3-5,9,11-12H,6-8H2,1-2H3,(H,18,23). The van der Waals surface area contributed by atoms with E-state index in [4.69, 9.17) is 0 Å². The Morgan fingerprint density at radius 1 is 1.46 bits per heavy atom. The zero-order valence-electron chi connectivity index (χ0n) is 13.5. The third kappa shape index (κ3) is 3.33. The number of aromatic nitrogens is 1. The van der Waals surface area contributed by atoms with Gasteiger partial charge in [-0.25, -0.2) is 14.2 Å². The smallest absolute Gasteiger partial charge is 0.316 e. The van der Waals surface area contributed by atoms with Gasteiger partial charge in [-0.2, -0.15) is 0 Å². The number of halogens is 1. The number of urea groups is 1. The van der Waals surface area contributed by atoms with E-state index in [1.54, 1.807) is 37.8 Å². The van der Waals surface area contributed by atoms with Crippen molar-refractivity contribution in [1.29, 1.82) is 0 Å². The molecule has 1 aromatic heterocycles. The molecule has 0 bridgehead atoms. The van der Waals surface area contributed by atoms with Crippen molar-refractivity contribution >= 4 is 33.5 Å². The molecule has 0 aliphatic carbocycles. The van der Waals surface area contributed by atoms with E-state index in [0.717, 1.165) is 10.2 Å². The molecule has 0 spiro atoms. The summed E-state index contributed by atoms with van der Waals surface area (Å²) in [5.74, 6) is -0.213. The van der Waals surface area contributed by atoms with E-state index in [1.165, 1.54) is 21.1 Å². The van der Waals surface area contributed by atoms with Crippen molar-refractivity contribution in [3.63, 3.8) is 0 Å². The Balaban J connectivity index is 1.74. The number of carbonyl (C=O) groups excluding carboxylic acids is 2. The van der Waals surface area contributed by atoms with Gasteiger partial charge in [-0.3, -0.25) is 4.79 Å². The highest BCUT2D eigenvalue weighted by molar-refractivity contribution is 7.16. The lowest BCUT2D eigenvalue weighted by Gasteiger charge is -2.25. The molecule has 2 heterocycles. The van der Waals surface area contributed by atoms with E-state index in [9.17, 15) is 14.0 Å². The number of fused-ring (bicyclic) bond motifs is 1. The SMILES string of the molecule is CN(C)C(=O)NCC1CC(F)CN1C(=O)c1ccc2ncsc2c1. The maximum Gasteiger partial charge on any atom is 0.316 e. The van der Waals surface area contributed by atoms with Crippen LogP contribution in [0.5, 0.6) is 0 Å². The van der Waals surface area contributed by atoms with Gasteiger partial charge in [-0.1, -0.05) is 0 Å². The van der Waals surface area contributed by atoms with Crippen LogP contribution in [-0.2, 0) is 0 Å². The highest BCUT2D eigenvalue weighted by atomic mass is 32.1. The highest BCUT2D eigenvalue weighted by Gasteiger charge is 2.36. The first-order valence-electron chi connectivity index (χ1n) is 7.69. The lowest BCUT2D eigenvalue weighted by molar-refractivity contribution is 0.0728. The van der Waals surface area contributed by atoms with Gasteiger partial charge in [0.1, 0.15) is 6.17 Å². The number of carbonyl (C=O) groups is 2. The fourth-order valence-corrected chi connectivity index (χ4v) is 3.54. The summed E-state index contributed by atoms with van der Waals surface area (Å²) in [6.45, 7) is 0.300. The van der Waals surface area contributed by atoms with Crippen LogP contribution in [0.2, 0.25) is 0 Å². The first-order valence-corrected chi connectivity index (χ1v) is 8.57. The summed E-state index contributed by atoms with van der Waals surface area (Å²) in [4.78, 5) is 31.5. The molecule has 8 heteroatoms. The normalized spacial score (nSPS) is 20.4. The van der Waals surface area contributed by atoms with Gasteiger partial charge in [-0.15, -0.1) is 11.3 Å². The summed E-state index contributed by atoms with van der Waals surface area (Å²) in [5, 5.41) is 2.72. The van der Waals surface area contributed by atoms with Crippen LogP contribution in [0, 0.1) is 0 Å². The van der Waals surface area contributed by atoms with Crippen LogP contribution in [0.4, 0.5) is 9.18 Å². The summed E-state index contributed by atoms with van der Waals surface area (Å²) in [7, 11) is 3.27. The highest BCUT2D eigenvalue weighted by Crippen LogP contribution is 2.25. The van der Waals surface area contributed by atoms with Crippen molar-refractivity contribution in [3.05, 3.63) is 29.3 Å². The van der Waals surface area contributed by atoms with E-state index < -0.39 is 6.17 Å². The number of hydrogen-bond acceptors (Lipinski definition) is 4. The zero-order chi connectivity index (χ0) is 17.3. The molecule has 1 aliphatic heterocycles. The topological polar surface area (TPSA) is 65.5 Å². The van der Waals surface area contributed by atoms with E-state index in [0.29, 0.717) is 5.56 Å². The second-order valence-electron chi connectivity index (χ2n) is 6.06.